The Morgan fingerprint density at radius 2 is 1.92 bits per heavy atom. The van der Waals surface area contributed by atoms with E-state index in [1.54, 1.807) is 36.4 Å². The van der Waals surface area contributed by atoms with Gasteiger partial charge >= 0.3 is 0 Å². The number of carbonyl (C=O) groups excluding carboxylic acids is 1. The molecule has 0 aliphatic rings. The highest BCUT2D eigenvalue weighted by atomic mass is 35.5. The number of nitrogens with zero attached hydrogens (tertiary/aromatic N) is 1. The average molecular weight is 380 g/mol. The first-order chi connectivity index (χ1) is 11.5. The first kappa shape index (κ1) is 18.0. The zero-order chi connectivity index (χ0) is 17.5. The van der Waals surface area contributed by atoms with E-state index in [4.69, 9.17) is 45.4 Å². The summed E-state index contributed by atoms with van der Waals surface area (Å²) in [7, 11) is 0. The summed E-state index contributed by atoms with van der Waals surface area (Å²) in [5.74, 6) is -0.0886. The van der Waals surface area contributed by atoms with Crippen molar-refractivity contribution < 1.29 is 9.53 Å². The molecule has 5 nitrogen and oxygen atoms in total. The maximum atomic E-state index is 11.8. The van der Waals surface area contributed by atoms with Gasteiger partial charge < -0.3 is 10.1 Å². The summed E-state index contributed by atoms with van der Waals surface area (Å²) in [5.41, 5.74) is 1.18. The van der Waals surface area contributed by atoms with E-state index in [-0.39, 0.29) is 11.7 Å². The van der Waals surface area contributed by atoms with Gasteiger partial charge in [0.2, 0.25) is 0 Å². The Balaban J connectivity index is 1.83. The maximum Gasteiger partial charge on any atom is 0.264 e. The molecule has 0 radical (unpaired) electrons. The van der Waals surface area contributed by atoms with E-state index in [2.05, 4.69) is 10.6 Å². The van der Waals surface area contributed by atoms with Gasteiger partial charge in [-0.2, -0.15) is 5.26 Å². The smallest absolute Gasteiger partial charge is 0.264 e. The van der Waals surface area contributed by atoms with Crippen LogP contribution in [0.3, 0.4) is 0 Å². The molecule has 0 heterocycles. The number of anilines is 1. The van der Waals surface area contributed by atoms with Crippen LogP contribution in [0.25, 0.3) is 0 Å². The number of amides is 1. The molecule has 0 saturated carbocycles. The lowest BCUT2D eigenvalue weighted by Gasteiger charge is -2.11. The second kappa shape index (κ2) is 8.50. The van der Waals surface area contributed by atoms with Crippen LogP contribution in [0.2, 0.25) is 10.0 Å². The van der Waals surface area contributed by atoms with E-state index in [0.29, 0.717) is 27.0 Å². The Bertz CT molecular complexity index is 804. The Labute approximate surface area is 154 Å². The molecule has 0 aliphatic carbocycles. The van der Waals surface area contributed by atoms with Crippen molar-refractivity contribution in [3.63, 3.8) is 0 Å². The quantitative estimate of drug-likeness (QED) is 0.791. The van der Waals surface area contributed by atoms with Gasteiger partial charge in [-0.15, -0.1) is 0 Å². The normalized spacial score (nSPS) is 9.71. The Morgan fingerprint density at radius 3 is 2.54 bits per heavy atom. The predicted octanol–water partition coefficient (Wildman–Crippen LogP) is 3.76. The van der Waals surface area contributed by atoms with Gasteiger partial charge in [0.1, 0.15) is 5.75 Å². The summed E-state index contributed by atoms with van der Waals surface area (Å²) in [6, 6.07) is 13.4. The van der Waals surface area contributed by atoms with Crippen molar-refractivity contribution in [3.05, 3.63) is 58.1 Å². The monoisotopic (exact) mass is 379 g/mol. The van der Waals surface area contributed by atoms with Crippen LogP contribution in [0.4, 0.5) is 5.69 Å². The highest BCUT2D eigenvalue weighted by molar-refractivity contribution is 7.80. The number of halogens is 2. The van der Waals surface area contributed by atoms with Gasteiger partial charge in [0.15, 0.2) is 11.7 Å². The summed E-state index contributed by atoms with van der Waals surface area (Å²) in [6.45, 7) is -0.253. The molecule has 0 bridgehead atoms. The van der Waals surface area contributed by atoms with Crippen molar-refractivity contribution >= 4 is 52.1 Å². The predicted molar refractivity (Wildman–Crippen MR) is 97.5 cm³/mol. The minimum atomic E-state index is -0.438. The number of nitriles is 1. The van der Waals surface area contributed by atoms with Crippen LogP contribution >= 0.6 is 35.4 Å². The number of carbonyl (C=O) groups is 1. The molecule has 1 amide bonds. The number of nitrogens with one attached hydrogen (secondary N) is 2. The first-order valence-electron chi connectivity index (χ1n) is 6.67. The minimum Gasteiger partial charge on any atom is -0.482 e. The highest BCUT2D eigenvalue weighted by Crippen LogP contribution is 2.27. The molecule has 8 heteroatoms. The maximum absolute atomic E-state index is 11.8. The second-order valence-corrected chi connectivity index (χ2v) is 5.81. The van der Waals surface area contributed by atoms with Gasteiger partial charge in [-0.3, -0.25) is 10.1 Å². The van der Waals surface area contributed by atoms with Gasteiger partial charge in [0, 0.05) is 10.7 Å². The minimum absolute atomic E-state index is 0.121. The van der Waals surface area contributed by atoms with Crippen LogP contribution < -0.4 is 15.4 Å². The number of ether oxygens (including phenoxy) is 1. The van der Waals surface area contributed by atoms with E-state index in [0.717, 1.165) is 0 Å². The molecular weight excluding hydrogens is 369 g/mol. The third kappa shape index (κ3) is 5.39. The number of hydrogen-bond donors (Lipinski definition) is 2. The lowest BCUT2D eigenvalue weighted by molar-refractivity contribution is -0.121. The first-order valence-corrected chi connectivity index (χ1v) is 7.83. The van der Waals surface area contributed by atoms with Crippen molar-refractivity contribution in [1.82, 2.24) is 5.32 Å². The number of thiocarbonyl (C=S) groups is 1. The van der Waals surface area contributed by atoms with Crippen molar-refractivity contribution in [3.8, 4) is 11.8 Å². The zero-order valence-corrected chi connectivity index (χ0v) is 14.5. The lowest BCUT2D eigenvalue weighted by Crippen LogP contribution is -2.37. The van der Waals surface area contributed by atoms with Gasteiger partial charge in [-0.05, 0) is 54.7 Å². The summed E-state index contributed by atoms with van der Waals surface area (Å²) < 4.78 is 5.31. The fraction of sp³-hybridized carbons (Fsp3) is 0.0625. The standard InChI is InChI=1S/C16H11Cl2N3O2S/c17-11-3-6-14(13(18)7-11)23-9-15(22)21-16(24)20-12-4-1-10(8-19)2-5-12/h1-7H,9H2,(H2,20,21,22,24). The molecule has 0 fully saturated rings. The Hall–Kier alpha value is -2.33. The highest BCUT2D eigenvalue weighted by Gasteiger charge is 2.08. The molecule has 0 unspecified atom stereocenters. The summed E-state index contributed by atoms with van der Waals surface area (Å²) in [5, 5.41) is 15.0. The third-order valence-electron chi connectivity index (χ3n) is 2.78. The van der Waals surface area contributed by atoms with Gasteiger partial charge in [-0.25, -0.2) is 0 Å². The van der Waals surface area contributed by atoms with Crippen molar-refractivity contribution in [2.24, 2.45) is 0 Å². The molecule has 0 saturated heterocycles. The van der Waals surface area contributed by atoms with E-state index in [9.17, 15) is 4.79 Å². The molecule has 0 atom stereocenters. The fourth-order valence-corrected chi connectivity index (χ4v) is 2.38. The van der Waals surface area contributed by atoms with Crippen LogP contribution in [0, 0.1) is 11.3 Å². The van der Waals surface area contributed by atoms with Crippen LogP contribution in [0.5, 0.6) is 5.75 Å². The molecule has 0 aliphatic heterocycles. The van der Waals surface area contributed by atoms with Crippen LogP contribution in [-0.2, 0) is 4.79 Å². The Morgan fingerprint density at radius 1 is 1.21 bits per heavy atom. The van der Waals surface area contributed by atoms with Gasteiger partial charge in [0.25, 0.3) is 5.91 Å². The van der Waals surface area contributed by atoms with E-state index in [1.807, 2.05) is 6.07 Å². The SMILES string of the molecule is N#Cc1ccc(NC(=S)NC(=O)COc2ccc(Cl)cc2Cl)cc1. The zero-order valence-electron chi connectivity index (χ0n) is 12.2. The molecule has 2 aromatic carbocycles. The van der Waals surface area contributed by atoms with Crippen molar-refractivity contribution in [2.45, 2.75) is 0 Å². The van der Waals surface area contributed by atoms with E-state index >= 15 is 0 Å². The molecule has 2 N–H and O–H groups in total. The van der Waals surface area contributed by atoms with Crippen LogP contribution in [0.15, 0.2) is 42.5 Å². The summed E-state index contributed by atoms with van der Waals surface area (Å²) >= 11 is 16.8. The molecule has 2 aromatic rings. The molecule has 122 valence electrons. The molecule has 0 spiro atoms. The van der Waals surface area contributed by atoms with Gasteiger partial charge in [0.05, 0.1) is 16.7 Å². The van der Waals surface area contributed by atoms with Crippen LogP contribution in [0.1, 0.15) is 5.56 Å². The van der Waals surface area contributed by atoms with Crippen LogP contribution in [-0.4, -0.2) is 17.6 Å². The van der Waals surface area contributed by atoms with Gasteiger partial charge in [-0.1, -0.05) is 23.2 Å². The molecular formula is C16H11Cl2N3O2S. The van der Waals surface area contributed by atoms with E-state index in [1.165, 1.54) is 6.07 Å². The van der Waals surface area contributed by atoms with Crippen molar-refractivity contribution in [2.75, 3.05) is 11.9 Å². The Kier molecular flexibility index (Phi) is 6.38. The largest absolute Gasteiger partial charge is 0.482 e. The molecule has 2 rings (SSSR count). The molecule has 24 heavy (non-hydrogen) atoms. The van der Waals surface area contributed by atoms with Crippen molar-refractivity contribution in [1.29, 1.82) is 5.26 Å². The summed E-state index contributed by atoms with van der Waals surface area (Å²) in [6.07, 6.45) is 0. The van der Waals surface area contributed by atoms with E-state index < -0.39 is 5.91 Å². The molecule has 0 aromatic heterocycles. The number of hydrogen-bond acceptors (Lipinski definition) is 4. The average Bonchev–Trinajstić information content (AvgIpc) is 2.54. The topological polar surface area (TPSA) is 74.2 Å². The fourth-order valence-electron chi connectivity index (χ4n) is 1.69. The lowest BCUT2D eigenvalue weighted by atomic mass is 10.2. The number of benzene rings is 2. The second-order valence-electron chi connectivity index (χ2n) is 4.55. The number of rotatable bonds is 4. The summed E-state index contributed by atoms with van der Waals surface area (Å²) in [4.78, 5) is 11.8. The third-order valence-corrected chi connectivity index (χ3v) is 3.51.